The van der Waals surface area contributed by atoms with Gasteiger partial charge in [-0.25, -0.2) is 0 Å². The summed E-state index contributed by atoms with van der Waals surface area (Å²) in [5.74, 6) is -0.420. The lowest BCUT2D eigenvalue weighted by atomic mass is 9.85. The van der Waals surface area contributed by atoms with Crippen LogP contribution in [0, 0.1) is 5.92 Å². The van der Waals surface area contributed by atoms with E-state index < -0.39 is 0 Å². The molecule has 0 saturated heterocycles. The van der Waals surface area contributed by atoms with Crippen LogP contribution in [0.25, 0.3) is 10.9 Å². The normalized spacial score (nSPS) is 17.5. The second kappa shape index (κ2) is 13.1. The van der Waals surface area contributed by atoms with E-state index in [0.29, 0.717) is 6.54 Å². The highest BCUT2D eigenvalue weighted by atomic mass is 16.5. The predicted octanol–water partition coefficient (Wildman–Crippen LogP) is 2.16. The number of carbonyl (C=O) groups is 4. The van der Waals surface area contributed by atoms with Crippen LogP contribution in [0.15, 0.2) is 30.5 Å². The highest BCUT2D eigenvalue weighted by Gasteiger charge is 2.27. The average Bonchev–Trinajstić information content (AvgIpc) is 3.21. The molecule has 1 fully saturated rings. The van der Waals surface area contributed by atoms with Crippen molar-refractivity contribution >= 4 is 35.2 Å². The Morgan fingerprint density at radius 2 is 1.84 bits per heavy atom. The number of amides is 2. The maximum Gasteiger partial charge on any atom is 0.306 e. The van der Waals surface area contributed by atoms with Crippen LogP contribution in [0.5, 0.6) is 0 Å². The number of fused-ring (bicyclic) bond motifs is 1. The monoisotopic (exact) mass is 445 g/mol. The van der Waals surface area contributed by atoms with Crippen LogP contribution in [-0.2, 0) is 30.3 Å². The van der Waals surface area contributed by atoms with E-state index in [1.807, 2.05) is 24.4 Å². The first-order valence-electron chi connectivity index (χ1n) is 10.7. The topological polar surface area (TPSA) is 138 Å². The van der Waals surface area contributed by atoms with Gasteiger partial charge in [0.2, 0.25) is 11.8 Å². The number of aromatic nitrogens is 1. The lowest BCUT2D eigenvalue weighted by molar-refractivity contribution is -0.142. The zero-order chi connectivity index (χ0) is 23.3. The van der Waals surface area contributed by atoms with Gasteiger partial charge in [-0.3, -0.25) is 19.2 Å². The van der Waals surface area contributed by atoms with E-state index in [-0.39, 0.29) is 49.1 Å². The molecule has 0 atom stereocenters. The van der Waals surface area contributed by atoms with Crippen molar-refractivity contribution in [3.8, 4) is 0 Å². The van der Waals surface area contributed by atoms with Gasteiger partial charge in [0, 0.05) is 42.0 Å². The summed E-state index contributed by atoms with van der Waals surface area (Å²) in [7, 11) is 1.31. The Kier molecular flexibility index (Phi) is 10.2. The van der Waals surface area contributed by atoms with E-state index in [4.69, 9.17) is 9.90 Å². The fourth-order valence-electron chi connectivity index (χ4n) is 3.92. The molecule has 32 heavy (non-hydrogen) atoms. The summed E-state index contributed by atoms with van der Waals surface area (Å²) in [6.45, 7) is 0.366. The number of nitrogens with one attached hydrogen (secondary N) is 3. The summed E-state index contributed by atoms with van der Waals surface area (Å²) in [5, 5.41) is 14.1. The highest BCUT2D eigenvalue weighted by molar-refractivity contribution is 5.83. The van der Waals surface area contributed by atoms with E-state index in [0.717, 1.165) is 37.6 Å². The Bertz CT molecular complexity index is 902. The van der Waals surface area contributed by atoms with E-state index in [2.05, 4.69) is 26.4 Å². The number of ether oxygens (including phenoxy) is 1. The quantitative estimate of drug-likeness (QED) is 0.363. The SMILES string of the molecule is COC(=O)CCC(=O)NC1CCC(C(=O)NCCc2c[nH]c3ccccc23)CC1.O=CO. The van der Waals surface area contributed by atoms with Crippen molar-refractivity contribution < 1.29 is 29.0 Å². The predicted molar refractivity (Wildman–Crippen MR) is 119 cm³/mol. The lowest BCUT2D eigenvalue weighted by Gasteiger charge is -2.28. The van der Waals surface area contributed by atoms with Crippen LogP contribution in [0.4, 0.5) is 0 Å². The fraction of sp³-hybridized carbons (Fsp3) is 0.478. The number of aromatic amines is 1. The molecule has 1 heterocycles. The number of benzene rings is 1. The molecular weight excluding hydrogens is 414 g/mol. The van der Waals surface area contributed by atoms with Crippen molar-refractivity contribution in [2.45, 2.75) is 51.0 Å². The molecule has 2 aromatic rings. The lowest BCUT2D eigenvalue weighted by Crippen LogP contribution is -2.41. The van der Waals surface area contributed by atoms with Gasteiger partial charge in [0.05, 0.1) is 13.5 Å². The molecule has 1 aromatic heterocycles. The van der Waals surface area contributed by atoms with Crippen molar-refractivity contribution in [1.29, 1.82) is 0 Å². The first-order valence-corrected chi connectivity index (χ1v) is 10.7. The van der Waals surface area contributed by atoms with Gasteiger partial charge in [-0.1, -0.05) is 18.2 Å². The fourth-order valence-corrected chi connectivity index (χ4v) is 3.92. The average molecular weight is 446 g/mol. The number of carboxylic acid groups (broad SMARTS) is 1. The zero-order valence-corrected chi connectivity index (χ0v) is 18.3. The summed E-state index contributed by atoms with van der Waals surface area (Å²) in [6, 6.07) is 8.23. The van der Waals surface area contributed by atoms with Crippen LogP contribution < -0.4 is 10.6 Å². The smallest absolute Gasteiger partial charge is 0.306 e. The Morgan fingerprint density at radius 3 is 2.53 bits per heavy atom. The summed E-state index contributed by atoms with van der Waals surface area (Å²) in [5.41, 5.74) is 2.32. The van der Waals surface area contributed by atoms with Gasteiger partial charge < -0.3 is 25.5 Å². The van der Waals surface area contributed by atoms with Gasteiger partial charge >= 0.3 is 5.97 Å². The molecule has 9 heteroatoms. The van der Waals surface area contributed by atoms with Crippen molar-refractivity contribution in [2.75, 3.05) is 13.7 Å². The van der Waals surface area contributed by atoms with Crippen LogP contribution in [0.1, 0.15) is 44.1 Å². The Balaban J connectivity index is 0.00000114. The van der Waals surface area contributed by atoms with Gasteiger partial charge in [0.1, 0.15) is 0 Å². The molecule has 1 saturated carbocycles. The van der Waals surface area contributed by atoms with Crippen molar-refractivity contribution in [3.63, 3.8) is 0 Å². The molecule has 0 unspecified atom stereocenters. The van der Waals surface area contributed by atoms with Crippen LogP contribution >= 0.6 is 0 Å². The number of rotatable bonds is 8. The molecule has 3 rings (SSSR count). The number of H-pyrrole nitrogens is 1. The number of para-hydroxylation sites is 1. The molecule has 4 N–H and O–H groups in total. The van der Waals surface area contributed by atoms with Crippen molar-refractivity contribution in [3.05, 3.63) is 36.0 Å². The first kappa shape index (κ1) is 24.9. The van der Waals surface area contributed by atoms with E-state index in [9.17, 15) is 14.4 Å². The molecule has 0 bridgehead atoms. The van der Waals surface area contributed by atoms with Gasteiger partial charge in [-0.2, -0.15) is 0 Å². The van der Waals surface area contributed by atoms with Gasteiger partial charge in [-0.05, 0) is 43.7 Å². The number of methoxy groups -OCH3 is 1. The summed E-state index contributed by atoms with van der Waals surface area (Å²) >= 11 is 0. The Hall–Kier alpha value is -3.36. The number of esters is 1. The molecule has 1 aromatic carbocycles. The van der Waals surface area contributed by atoms with E-state index in [1.54, 1.807) is 0 Å². The van der Waals surface area contributed by atoms with Gasteiger partial charge in [0.25, 0.3) is 6.47 Å². The minimum atomic E-state index is -0.381. The molecule has 174 valence electrons. The van der Waals surface area contributed by atoms with Crippen molar-refractivity contribution in [2.24, 2.45) is 5.92 Å². The van der Waals surface area contributed by atoms with E-state index in [1.165, 1.54) is 18.1 Å². The number of hydrogen-bond donors (Lipinski definition) is 4. The largest absolute Gasteiger partial charge is 0.483 e. The third-order valence-corrected chi connectivity index (χ3v) is 5.62. The molecule has 0 aliphatic heterocycles. The Labute approximate surface area is 186 Å². The van der Waals surface area contributed by atoms with Gasteiger partial charge in [0.15, 0.2) is 0 Å². The number of hydrogen-bond acceptors (Lipinski definition) is 5. The third-order valence-electron chi connectivity index (χ3n) is 5.62. The molecule has 0 spiro atoms. The standard InChI is InChI=1S/C22H29N3O4.CH2O2/c1-29-21(27)11-10-20(26)25-17-8-6-15(7-9-17)22(28)23-13-12-16-14-24-19-5-3-2-4-18(16)19;2-1-3/h2-5,14-15,17,24H,6-13H2,1H3,(H,23,28)(H,25,26);1H,(H,2,3). The molecular formula is C23H31N3O6. The molecule has 1 aliphatic carbocycles. The number of carbonyl (C=O) groups excluding carboxylic acids is 3. The maximum atomic E-state index is 12.5. The molecule has 9 nitrogen and oxygen atoms in total. The minimum Gasteiger partial charge on any atom is -0.483 e. The van der Waals surface area contributed by atoms with Crippen LogP contribution in [-0.4, -0.2) is 54.0 Å². The second-order valence-corrected chi connectivity index (χ2v) is 7.70. The maximum absolute atomic E-state index is 12.5. The van der Waals surface area contributed by atoms with Crippen LogP contribution in [0.2, 0.25) is 0 Å². The van der Waals surface area contributed by atoms with Gasteiger partial charge in [-0.15, -0.1) is 0 Å². The first-order chi connectivity index (χ1) is 15.5. The minimum absolute atomic E-state index is 0.00110. The van der Waals surface area contributed by atoms with Crippen molar-refractivity contribution in [1.82, 2.24) is 15.6 Å². The summed E-state index contributed by atoms with van der Waals surface area (Å²) in [4.78, 5) is 47.1. The summed E-state index contributed by atoms with van der Waals surface area (Å²) < 4.78 is 4.54. The van der Waals surface area contributed by atoms with E-state index >= 15 is 0 Å². The third kappa shape index (κ3) is 7.72. The summed E-state index contributed by atoms with van der Waals surface area (Å²) in [6.07, 6.45) is 6.13. The Morgan fingerprint density at radius 1 is 1.16 bits per heavy atom. The highest BCUT2D eigenvalue weighted by Crippen LogP contribution is 2.25. The second-order valence-electron chi connectivity index (χ2n) is 7.70. The zero-order valence-electron chi connectivity index (χ0n) is 18.3. The van der Waals surface area contributed by atoms with Crippen LogP contribution in [0.3, 0.4) is 0 Å². The molecule has 2 amide bonds. The molecule has 0 radical (unpaired) electrons. The molecule has 1 aliphatic rings.